The number of halogens is 4. The van der Waals surface area contributed by atoms with E-state index in [0.717, 1.165) is 18.5 Å². The highest BCUT2D eigenvalue weighted by molar-refractivity contribution is 9.10. The highest BCUT2D eigenvalue weighted by atomic mass is 79.9. The fourth-order valence-corrected chi connectivity index (χ4v) is 1.82. The van der Waals surface area contributed by atoms with Crippen molar-refractivity contribution in [3.63, 3.8) is 0 Å². The predicted octanol–water partition coefficient (Wildman–Crippen LogP) is 3.74. The van der Waals surface area contributed by atoms with Crippen molar-refractivity contribution in [2.24, 2.45) is 4.40 Å². The van der Waals surface area contributed by atoms with Crippen LogP contribution in [-0.2, 0) is 17.5 Å². The van der Waals surface area contributed by atoms with E-state index in [1.54, 1.807) is 20.8 Å². The van der Waals surface area contributed by atoms with Crippen molar-refractivity contribution in [1.29, 1.82) is 0 Å². The maximum atomic E-state index is 12.5. The van der Waals surface area contributed by atoms with E-state index in [2.05, 4.69) is 25.3 Å². The van der Waals surface area contributed by atoms with Crippen LogP contribution in [0.2, 0.25) is 0 Å². The number of aromatic nitrogens is 1. The van der Waals surface area contributed by atoms with E-state index in [9.17, 15) is 17.7 Å². The lowest BCUT2D eigenvalue weighted by atomic mass is 10.2. The Hall–Kier alpha value is -0.600. The fraction of sp³-hybridized carbons (Fsp3) is 0.455. The lowest BCUT2D eigenvalue weighted by Gasteiger charge is -2.17. The first kappa shape index (κ1) is 16.5. The third-order valence-electron chi connectivity index (χ3n) is 1.99. The molecule has 1 atom stereocenters. The van der Waals surface area contributed by atoms with Crippen LogP contribution >= 0.6 is 15.9 Å². The standard InChI is InChI=1S/C11H12BrF3N2OS/c1-10(2,3)19(18)17-5-7-4-9(11(13,14)15)16-6-8(7)12/h4-6H,1-3H3/b17-5+. The molecule has 0 saturated carbocycles. The van der Waals surface area contributed by atoms with E-state index in [-0.39, 0.29) is 5.56 Å². The van der Waals surface area contributed by atoms with E-state index >= 15 is 0 Å². The number of hydrogen-bond donors (Lipinski definition) is 0. The second kappa shape index (κ2) is 5.80. The number of pyridine rings is 1. The topological polar surface area (TPSA) is 48.3 Å². The van der Waals surface area contributed by atoms with Crippen molar-refractivity contribution in [1.82, 2.24) is 4.98 Å². The normalized spacial score (nSPS) is 14.9. The molecule has 1 aromatic rings. The Morgan fingerprint density at radius 2 is 1.95 bits per heavy atom. The Morgan fingerprint density at radius 3 is 2.42 bits per heavy atom. The van der Waals surface area contributed by atoms with Gasteiger partial charge in [0.2, 0.25) is 0 Å². The summed E-state index contributed by atoms with van der Waals surface area (Å²) in [4.78, 5) is 3.28. The zero-order chi connectivity index (χ0) is 14.8. The van der Waals surface area contributed by atoms with Gasteiger partial charge in [-0.15, -0.1) is 0 Å². The van der Waals surface area contributed by atoms with Crippen LogP contribution in [0, 0.1) is 0 Å². The largest absolute Gasteiger partial charge is 0.591 e. The average Bonchev–Trinajstić information content (AvgIpc) is 2.24. The van der Waals surface area contributed by atoms with Crippen molar-refractivity contribution in [2.45, 2.75) is 31.7 Å². The van der Waals surface area contributed by atoms with Crippen molar-refractivity contribution in [3.05, 3.63) is 28.0 Å². The molecule has 0 saturated heterocycles. The van der Waals surface area contributed by atoms with Crippen molar-refractivity contribution in [2.75, 3.05) is 0 Å². The Morgan fingerprint density at radius 1 is 1.37 bits per heavy atom. The summed E-state index contributed by atoms with van der Waals surface area (Å²) in [5, 5.41) is 0. The minimum atomic E-state index is -4.52. The van der Waals surface area contributed by atoms with Gasteiger partial charge in [-0.2, -0.15) is 13.2 Å². The quantitative estimate of drug-likeness (QED) is 0.598. The van der Waals surface area contributed by atoms with Crippen molar-refractivity contribution >= 4 is 33.5 Å². The summed E-state index contributed by atoms with van der Waals surface area (Å²) < 4.78 is 52.8. The molecule has 0 amide bonds. The molecule has 0 fully saturated rings. The van der Waals surface area contributed by atoms with Gasteiger partial charge < -0.3 is 4.55 Å². The van der Waals surface area contributed by atoms with Crippen LogP contribution in [0.4, 0.5) is 13.2 Å². The molecule has 3 nitrogen and oxygen atoms in total. The molecule has 0 N–H and O–H groups in total. The summed E-state index contributed by atoms with van der Waals surface area (Å²) in [6.07, 6.45) is -2.32. The van der Waals surface area contributed by atoms with E-state index in [1.165, 1.54) is 0 Å². The van der Waals surface area contributed by atoms with Crippen LogP contribution in [0.5, 0.6) is 0 Å². The second-order valence-electron chi connectivity index (χ2n) is 4.68. The lowest BCUT2D eigenvalue weighted by Crippen LogP contribution is -2.25. The van der Waals surface area contributed by atoms with Gasteiger partial charge in [0, 0.05) is 16.2 Å². The van der Waals surface area contributed by atoms with Crippen molar-refractivity contribution in [3.8, 4) is 0 Å². The van der Waals surface area contributed by atoms with Crippen LogP contribution in [0.3, 0.4) is 0 Å². The van der Waals surface area contributed by atoms with Gasteiger partial charge in [0.1, 0.15) is 21.8 Å². The molecule has 0 aliphatic rings. The molecule has 1 aromatic heterocycles. The molecule has 0 aliphatic heterocycles. The first-order chi connectivity index (χ1) is 8.51. The smallest absolute Gasteiger partial charge is 0.433 e. The summed E-state index contributed by atoms with van der Waals surface area (Å²) in [6, 6.07) is 0.855. The van der Waals surface area contributed by atoms with E-state index in [1.807, 2.05) is 0 Å². The molecule has 0 aromatic carbocycles. The van der Waals surface area contributed by atoms with Gasteiger partial charge in [-0.05, 0) is 42.8 Å². The minimum absolute atomic E-state index is 0.180. The molecule has 0 radical (unpaired) electrons. The molecule has 1 rings (SSSR count). The molecule has 1 unspecified atom stereocenters. The van der Waals surface area contributed by atoms with E-state index in [4.69, 9.17) is 0 Å². The van der Waals surface area contributed by atoms with Crippen LogP contribution in [0.1, 0.15) is 32.0 Å². The Kier molecular flexibility index (Phi) is 5.02. The van der Waals surface area contributed by atoms with Gasteiger partial charge in [0.25, 0.3) is 0 Å². The third kappa shape index (κ3) is 4.77. The number of rotatable bonds is 2. The van der Waals surface area contributed by atoms with Crippen molar-refractivity contribution < 1.29 is 17.7 Å². The van der Waals surface area contributed by atoms with Crippen LogP contribution < -0.4 is 0 Å². The number of alkyl halides is 3. The molecule has 106 valence electrons. The zero-order valence-corrected chi connectivity index (χ0v) is 12.9. The number of nitrogens with zero attached hydrogens (tertiary/aromatic N) is 2. The fourth-order valence-electron chi connectivity index (χ4n) is 0.971. The summed E-state index contributed by atoms with van der Waals surface area (Å²) in [5.41, 5.74) is -0.835. The van der Waals surface area contributed by atoms with Crippen LogP contribution in [0.15, 0.2) is 21.1 Å². The average molecular weight is 357 g/mol. The molecular formula is C11H12BrF3N2OS. The molecule has 0 bridgehead atoms. The number of hydrogen-bond acceptors (Lipinski definition) is 3. The molecule has 1 heterocycles. The Labute approximate surface area is 120 Å². The van der Waals surface area contributed by atoms with Gasteiger partial charge in [-0.25, -0.2) is 0 Å². The summed E-state index contributed by atoms with van der Waals surface area (Å²) in [5.74, 6) is 0. The van der Waals surface area contributed by atoms with Gasteiger partial charge in [0.15, 0.2) is 0 Å². The van der Waals surface area contributed by atoms with Gasteiger partial charge >= 0.3 is 6.18 Å². The highest BCUT2D eigenvalue weighted by Crippen LogP contribution is 2.29. The summed E-state index contributed by atoms with van der Waals surface area (Å²) in [6.45, 7) is 5.18. The summed E-state index contributed by atoms with van der Waals surface area (Å²) in [7, 11) is 0. The highest BCUT2D eigenvalue weighted by Gasteiger charge is 2.33. The van der Waals surface area contributed by atoms with Gasteiger partial charge in [-0.1, -0.05) is 4.40 Å². The van der Waals surface area contributed by atoms with E-state index in [0.29, 0.717) is 4.47 Å². The molecule has 19 heavy (non-hydrogen) atoms. The van der Waals surface area contributed by atoms with Crippen LogP contribution in [-0.4, -0.2) is 20.5 Å². The Balaban J connectivity index is 3.05. The zero-order valence-electron chi connectivity index (χ0n) is 10.5. The molecular weight excluding hydrogens is 345 g/mol. The maximum absolute atomic E-state index is 12.5. The lowest BCUT2D eigenvalue weighted by molar-refractivity contribution is -0.141. The summed E-state index contributed by atoms with van der Waals surface area (Å²) >= 11 is 1.55. The van der Waals surface area contributed by atoms with Gasteiger partial charge in [0.05, 0.1) is 6.21 Å². The third-order valence-corrected chi connectivity index (χ3v) is 3.99. The van der Waals surface area contributed by atoms with E-state index < -0.39 is 28.0 Å². The second-order valence-corrected chi connectivity index (χ2v) is 7.47. The maximum Gasteiger partial charge on any atom is 0.433 e. The first-order valence-corrected chi connectivity index (χ1v) is 7.10. The molecule has 0 spiro atoms. The SMILES string of the molecule is CC(C)(C)[S+]([O-])/N=C/c1cc(C(F)(F)F)ncc1Br. The van der Waals surface area contributed by atoms with Gasteiger partial charge in [-0.3, -0.25) is 4.98 Å². The Bertz CT molecular complexity index is 486. The monoisotopic (exact) mass is 356 g/mol. The molecule has 0 aliphatic carbocycles. The predicted molar refractivity (Wildman–Crippen MR) is 72.4 cm³/mol. The minimum Gasteiger partial charge on any atom is -0.591 e. The molecule has 8 heteroatoms. The van der Waals surface area contributed by atoms with Crippen LogP contribution in [0.25, 0.3) is 0 Å². The first-order valence-electron chi connectivity index (χ1n) is 5.20.